The fraction of sp³-hybridized carbons (Fsp3) is 0.333. The van der Waals surface area contributed by atoms with Gasteiger partial charge in [0.05, 0.1) is 24.6 Å². The summed E-state index contributed by atoms with van der Waals surface area (Å²) in [5.41, 5.74) is 0.273. The normalized spacial score (nSPS) is 11.0. The molecule has 16 heteroatoms. The van der Waals surface area contributed by atoms with Gasteiger partial charge in [0.15, 0.2) is 5.13 Å². The van der Waals surface area contributed by atoms with Crippen molar-refractivity contribution in [3.63, 3.8) is 0 Å². The maximum absolute atomic E-state index is 13.5. The fourth-order valence-corrected chi connectivity index (χ4v) is 4.98. The van der Waals surface area contributed by atoms with Crippen LogP contribution in [0.3, 0.4) is 0 Å². The van der Waals surface area contributed by atoms with Gasteiger partial charge in [-0.2, -0.15) is 0 Å². The van der Waals surface area contributed by atoms with E-state index in [4.69, 9.17) is 28.0 Å². The molecule has 0 aliphatic heterocycles. The second-order valence-corrected chi connectivity index (χ2v) is 11.3. The lowest BCUT2D eigenvalue weighted by molar-refractivity contribution is -0.0174. The first-order chi connectivity index (χ1) is 20.6. The van der Waals surface area contributed by atoms with Gasteiger partial charge in [-0.25, -0.2) is 14.6 Å². The molecule has 0 aliphatic rings. The van der Waals surface area contributed by atoms with Crippen molar-refractivity contribution in [3.8, 4) is 17.2 Å². The standard InChI is InChI=1S/C27H31N2O12PS/c1-5-34-26(31)36-16-38-42(33,39-17-37-27(32)35-6-2)23-9-7-20(8-10-23)41-22-14-19(13-21(15-22)40-18(3)4)24(30)29-25-28-11-12-43-25/h7-15,18H,5-6,16-17H2,1-4H3,(H,28,29,30). The Morgan fingerprint density at radius 1 is 0.860 bits per heavy atom. The van der Waals surface area contributed by atoms with Gasteiger partial charge < -0.3 is 28.4 Å². The first-order valence-corrected chi connectivity index (χ1v) is 15.3. The molecule has 0 fully saturated rings. The van der Waals surface area contributed by atoms with Gasteiger partial charge in [0.2, 0.25) is 13.6 Å². The number of carbonyl (C=O) groups is 3. The van der Waals surface area contributed by atoms with E-state index in [1.54, 1.807) is 37.6 Å². The summed E-state index contributed by atoms with van der Waals surface area (Å²) >= 11 is 1.28. The van der Waals surface area contributed by atoms with Crippen LogP contribution in [0.1, 0.15) is 38.1 Å². The maximum Gasteiger partial charge on any atom is 0.510 e. The molecule has 0 aliphatic carbocycles. The topological polar surface area (TPSA) is 167 Å². The number of nitrogens with zero attached hydrogens (tertiary/aromatic N) is 1. The molecule has 0 unspecified atom stereocenters. The van der Waals surface area contributed by atoms with E-state index in [0.29, 0.717) is 16.6 Å². The molecule has 3 aromatic rings. The molecule has 232 valence electrons. The molecule has 0 radical (unpaired) electrons. The van der Waals surface area contributed by atoms with Crippen LogP contribution in [0.15, 0.2) is 54.0 Å². The quantitative estimate of drug-likeness (QED) is 0.116. The van der Waals surface area contributed by atoms with Gasteiger partial charge in [-0.15, -0.1) is 11.3 Å². The Morgan fingerprint density at radius 3 is 2.00 bits per heavy atom. The number of hydrogen-bond donors (Lipinski definition) is 1. The van der Waals surface area contributed by atoms with Crippen molar-refractivity contribution in [1.82, 2.24) is 4.98 Å². The number of carbonyl (C=O) groups excluding carboxylic acids is 3. The van der Waals surface area contributed by atoms with Crippen LogP contribution in [0.2, 0.25) is 0 Å². The Morgan fingerprint density at radius 2 is 1.47 bits per heavy atom. The van der Waals surface area contributed by atoms with Crippen molar-refractivity contribution < 1.29 is 56.4 Å². The van der Waals surface area contributed by atoms with Crippen LogP contribution in [-0.4, -0.2) is 56.1 Å². The highest BCUT2D eigenvalue weighted by atomic mass is 32.1. The first kappa shape index (κ1) is 33.3. The fourth-order valence-electron chi connectivity index (χ4n) is 3.18. The smallest absolute Gasteiger partial charge is 0.491 e. The predicted octanol–water partition coefficient (Wildman–Crippen LogP) is 6.09. The zero-order valence-corrected chi connectivity index (χ0v) is 25.5. The van der Waals surface area contributed by atoms with Crippen LogP contribution < -0.4 is 20.1 Å². The lowest BCUT2D eigenvalue weighted by atomic mass is 10.2. The molecule has 0 saturated heterocycles. The average molecular weight is 639 g/mol. The van der Waals surface area contributed by atoms with Gasteiger partial charge in [0.1, 0.15) is 17.2 Å². The van der Waals surface area contributed by atoms with E-state index in [1.165, 1.54) is 41.7 Å². The van der Waals surface area contributed by atoms with E-state index in [9.17, 15) is 18.9 Å². The second kappa shape index (κ2) is 16.5. The summed E-state index contributed by atoms with van der Waals surface area (Å²) in [4.78, 5) is 39.9. The van der Waals surface area contributed by atoms with Crippen LogP contribution in [0, 0.1) is 0 Å². The number of nitrogens with one attached hydrogen (secondary N) is 1. The minimum Gasteiger partial charge on any atom is -0.491 e. The number of ether oxygens (including phenoxy) is 6. The van der Waals surface area contributed by atoms with Gasteiger partial charge in [-0.3, -0.25) is 23.7 Å². The van der Waals surface area contributed by atoms with Gasteiger partial charge in [-0.1, -0.05) is 0 Å². The van der Waals surface area contributed by atoms with Crippen molar-refractivity contribution in [2.75, 3.05) is 32.1 Å². The van der Waals surface area contributed by atoms with Gasteiger partial charge >= 0.3 is 19.9 Å². The van der Waals surface area contributed by atoms with Crippen molar-refractivity contribution in [2.24, 2.45) is 0 Å². The molecule has 1 amide bonds. The SMILES string of the molecule is CCOC(=O)OCOP(=O)(OCOC(=O)OCC)c1ccc(Oc2cc(OC(C)C)cc(C(=O)Nc3nccs3)c2)cc1. The Balaban J connectivity index is 1.78. The van der Waals surface area contributed by atoms with E-state index in [1.807, 2.05) is 13.8 Å². The summed E-state index contributed by atoms with van der Waals surface area (Å²) in [6.45, 7) is 5.43. The zero-order valence-electron chi connectivity index (χ0n) is 23.8. The lowest BCUT2D eigenvalue weighted by Crippen LogP contribution is -2.17. The van der Waals surface area contributed by atoms with Gasteiger partial charge in [0.25, 0.3) is 5.91 Å². The third-order valence-electron chi connectivity index (χ3n) is 4.88. The number of aromatic nitrogens is 1. The Kier molecular flexibility index (Phi) is 12.8. The highest BCUT2D eigenvalue weighted by molar-refractivity contribution is 7.62. The molecular formula is C27H31N2O12PS. The molecule has 14 nitrogen and oxygen atoms in total. The van der Waals surface area contributed by atoms with Crippen molar-refractivity contribution >= 4 is 47.6 Å². The molecule has 0 bridgehead atoms. The van der Waals surface area contributed by atoms with Crippen molar-refractivity contribution in [2.45, 2.75) is 33.8 Å². The molecule has 1 N–H and O–H groups in total. The van der Waals surface area contributed by atoms with Crippen LogP contribution in [0.25, 0.3) is 0 Å². The summed E-state index contributed by atoms with van der Waals surface area (Å²) in [7, 11) is -4.20. The molecule has 43 heavy (non-hydrogen) atoms. The van der Waals surface area contributed by atoms with Gasteiger partial charge in [-0.05, 0) is 64.1 Å². The summed E-state index contributed by atoms with van der Waals surface area (Å²) < 4.78 is 54.5. The minimum atomic E-state index is -4.20. The van der Waals surface area contributed by atoms with Crippen LogP contribution in [0.5, 0.6) is 17.2 Å². The molecule has 2 aromatic carbocycles. The molecule has 1 aromatic heterocycles. The third kappa shape index (κ3) is 10.9. The Labute approximate surface area is 251 Å². The number of amides is 1. The molecule has 1 heterocycles. The van der Waals surface area contributed by atoms with Crippen LogP contribution >= 0.6 is 18.9 Å². The number of anilines is 1. The second-order valence-electron chi connectivity index (χ2n) is 8.39. The summed E-state index contributed by atoms with van der Waals surface area (Å²) in [6.07, 6.45) is -0.667. The molecule has 0 saturated carbocycles. The first-order valence-electron chi connectivity index (χ1n) is 12.9. The predicted molar refractivity (Wildman–Crippen MR) is 154 cm³/mol. The maximum atomic E-state index is 13.5. The highest BCUT2D eigenvalue weighted by Crippen LogP contribution is 2.47. The average Bonchev–Trinajstić information content (AvgIpc) is 3.46. The molecule has 0 atom stereocenters. The van der Waals surface area contributed by atoms with E-state index in [2.05, 4.69) is 19.8 Å². The van der Waals surface area contributed by atoms with Crippen molar-refractivity contribution in [1.29, 1.82) is 0 Å². The monoisotopic (exact) mass is 638 g/mol. The van der Waals surface area contributed by atoms with Crippen LogP contribution in [-0.2, 0) is 32.6 Å². The van der Waals surface area contributed by atoms with Gasteiger partial charge in [0, 0.05) is 23.2 Å². The van der Waals surface area contributed by atoms with E-state index in [0.717, 1.165) is 0 Å². The number of thiazole rings is 1. The Hall–Kier alpha value is -4.17. The van der Waals surface area contributed by atoms with Crippen molar-refractivity contribution in [3.05, 3.63) is 59.6 Å². The number of hydrogen-bond acceptors (Lipinski definition) is 14. The van der Waals surface area contributed by atoms with Crippen LogP contribution in [0.4, 0.5) is 14.7 Å². The lowest BCUT2D eigenvalue weighted by Gasteiger charge is -2.19. The molecule has 0 spiro atoms. The minimum absolute atomic E-state index is 0.0279. The molecular weight excluding hydrogens is 607 g/mol. The summed E-state index contributed by atoms with van der Waals surface area (Å²) in [5, 5.41) is 4.92. The highest BCUT2D eigenvalue weighted by Gasteiger charge is 2.30. The third-order valence-corrected chi connectivity index (χ3v) is 7.39. The summed E-state index contributed by atoms with van der Waals surface area (Å²) in [5.74, 6) is 0.586. The molecule has 3 rings (SSSR count). The Bertz CT molecular complexity index is 1370. The number of rotatable bonds is 15. The van der Waals surface area contributed by atoms with E-state index >= 15 is 0 Å². The van der Waals surface area contributed by atoms with E-state index in [-0.39, 0.29) is 35.9 Å². The van der Waals surface area contributed by atoms with E-state index < -0.39 is 39.4 Å². The largest absolute Gasteiger partial charge is 0.510 e. The zero-order chi connectivity index (χ0) is 31.2. The number of benzene rings is 2. The summed E-state index contributed by atoms with van der Waals surface area (Å²) in [6, 6.07) is 10.4.